The summed E-state index contributed by atoms with van der Waals surface area (Å²) in [6, 6.07) is 0. The van der Waals surface area contributed by atoms with E-state index in [-0.39, 0.29) is 5.91 Å². The molecule has 0 aromatic heterocycles. The van der Waals surface area contributed by atoms with Crippen molar-refractivity contribution in [3.8, 4) is 0 Å². The van der Waals surface area contributed by atoms with Gasteiger partial charge in [-0.3, -0.25) is 4.79 Å². The van der Waals surface area contributed by atoms with Crippen molar-refractivity contribution >= 4 is 17.7 Å². The number of aliphatic hydroxyl groups is 1. The maximum absolute atomic E-state index is 11.4. The average molecular weight is 249 g/mol. The molecule has 5 heteroatoms. The number of rotatable bonds is 9. The highest BCUT2D eigenvalue weighted by molar-refractivity contribution is 7.99. The number of ether oxygens (including phenoxy) is 1. The van der Waals surface area contributed by atoms with Crippen LogP contribution in [0.25, 0.3) is 0 Å². The van der Waals surface area contributed by atoms with Crippen LogP contribution in [-0.2, 0) is 9.53 Å². The van der Waals surface area contributed by atoms with E-state index in [1.165, 1.54) is 11.8 Å². The summed E-state index contributed by atoms with van der Waals surface area (Å²) in [5.74, 6) is 1.21. The molecule has 2 N–H and O–H groups in total. The molecule has 96 valence electrons. The van der Waals surface area contributed by atoms with Gasteiger partial charge < -0.3 is 15.2 Å². The van der Waals surface area contributed by atoms with Crippen LogP contribution < -0.4 is 5.32 Å². The summed E-state index contributed by atoms with van der Waals surface area (Å²) in [5.41, 5.74) is -0.757. The van der Waals surface area contributed by atoms with Gasteiger partial charge in [-0.15, -0.1) is 11.8 Å². The number of nitrogens with one attached hydrogen (secondary N) is 1. The zero-order chi connectivity index (χ0) is 12.4. The summed E-state index contributed by atoms with van der Waals surface area (Å²) < 4.78 is 4.88. The molecule has 0 aromatic rings. The van der Waals surface area contributed by atoms with Gasteiger partial charge >= 0.3 is 0 Å². The predicted octanol–water partition coefficient (Wildman–Crippen LogP) is 1.03. The lowest BCUT2D eigenvalue weighted by Crippen LogP contribution is -2.42. The summed E-state index contributed by atoms with van der Waals surface area (Å²) in [7, 11) is 1.64. The van der Waals surface area contributed by atoms with Crippen molar-refractivity contribution in [2.24, 2.45) is 0 Å². The number of carbonyl (C=O) groups excluding carboxylic acids is 1. The van der Waals surface area contributed by atoms with E-state index in [9.17, 15) is 9.90 Å². The van der Waals surface area contributed by atoms with Gasteiger partial charge in [0.05, 0.1) is 18.0 Å². The number of hydrogen-bond acceptors (Lipinski definition) is 4. The smallest absolute Gasteiger partial charge is 0.230 e. The molecular weight excluding hydrogens is 226 g/mol. The summed E-state index contributed by atoms with van der Waals surface area (Å²) >= 11 is 1.53. The second kappa shape index (κ2) is 8.84. The molecule has 0 aliphatic rings. The standard InChI is InChI=1S/C11H23NO3S/c1-4-11(14,5-2)9-12-10(13)8-16-7-6-15-3/h14H,4-9H2,1-3H3,(H,12,13). The molecule has 0 aromatic carbocycles. The van der Waals surface area contributed by atoms with Crippen LogP contribution in [0.5, 0.6) is 0 Å². The minimum atomic E-state index is -0.757. The Bertz CT molecular complexity index is 196. The Hall–Kier alpha value is -0.260. The maximum atomic E-state index is 11.4. The van der Waals surface area contributed by atoms with E-state index in [4.69, 9.17) is 4.74 Å². The lowest BCUT2D eigenvalue weighted by molar-refractivity contribution is -0.119. The van der Waals surface area contributed by atoms with Gasteiger partial charge in [-0.1, -0.05) is 13.8 Å². The van der Waals surface area contributed by atoms with Crippen molar-refractivity contribution in [1.29, 1.82) is 0 Å². The molecule has 1 amide bonds. The van der Waals surface area contributed by atoms with Crippen LogP contribution in [0.4, 0.5) is 0 Å². The van der Waals surface area contributed by atoms with E-state index < -0.39 is 5.60 Å². The molecular formula is C11H23NO3S. The molecule has 0 saturated carbocycles. The lowest BCUT2D eigenvalue weighted by atomic mass is 9.98. The van der Waals surface area contributed by atoms with E-state index in [0.717, 1.165) is 5.75 Å². The first-order chi connectivity index (χ1) is 7.58. The Balaban J connectivity index is 3.64. The Morgan fingerprint density at radius 3 is 2.56 bits per heavy atom. The third kappa shape index (κ3) is 7.09. The summed E-state index contributed by atoms with van der Waals surface area (Å²) in [6.07, 6.45) is 1.31. The second-order valence-corrected chi connectivity index (χ2v) is 4.86. The van der Waals surface area contributed by atoms with Gasteiger partial charge in [-0.25, -0.2) is 0 Å². The lowest BCUT2D eigenvalue weighted by Gasteiger charge is -2.25. The van der Waals surface area contributed by atoms with Crippen LogP contribution in [0, 0.1) is 0 Å². The van der Waals surface area contributed by atoms with Crippen molar-refractivity contribution in [3.05, 3.63) is 0 Å². The number of hydrogen-bond donors (Lipinski definition) is 2. The number of thioether (sulfide) groups is 1. The molecule has 16 heavy (non-hydrogen) atoms. The summed E-state index contributed by atoms with van der Waals surface area (Å²) in [6.45, 7) is 4.83. The minimum absolute atomic E-state index is 0.0265. The van der Waals surface area contributed by atoms with E-state index >= 15 is 0 Å². The third-order valence-corrected chi connectivity index (χ3v) is 3.52. The van der Waals surface area contributed by atoms with Crippen molar-refractivity contribution in [2.45, 2.75) is 32.3 Å². The summed E-state index contributed by atoms with van der Waals surface area (Å²) in [5, 5.41) is 12.7. The topological polar surface area (TPSA) is 58.6 Å². The molecule has 0 aliphatic heterocycles. The quantitative estimate of drug-likeness (QED) is 0.599. The molecule has 0 saturated heterocycles. The van der Waals surface area contributed by atoms with Crippen molar-refractivity contribution < 1.29 is 14.6 Å². The highest BCUT2D eigenvalue weighted by Gasteiger charge is 2.22. The molecule has 0 rings (SSSR count). The average Bonchev–Trinajstić information content (AvgIpc) is 2.31. The Kier molecular flexibility index (Phi) is 8.70. The van der Waals surface area contributed by atoms with E-state index in [1.807, 2.05) is 13.8 Å². The molecule has 0 heterocycles. The molecule has 4 nitrogen and oxygen atoms in total. The first kappa shape index (κ1) is 15.7. The van der Waals surface area contributed by atoms with Crippen LogP contribution in [0.3, 0.4) is 0 Å². The van der Waals surface area contributed by atoms with Crippen molar-refractivity contribution in [1.82, 2.24) is 5.32 Å². The fourth-order valence-electron chi connectivity index (χ4n) is 1.12. The largest absolute Gasteiger partial charge is 0.388 e. The molecule has 0 radical (unpaired) electrons. The molecule has 0 bridgehead atoms. The zero-order valence-electron chi connectivity index (χ0n) is 10.4. The highest BCUT2D eigenvalue weighted by Crippen LogP contribution is 2.12. The highest BCUT2D eigenvalue weighted by atomic mass is 32.2. The summed E-state index contributed by atoms with van der Waals surface area (Å²) in [4.78, 5) is 11.4. The maximum Gasteiger partial charge on any atom is 0.230 e. The fraction of sp³-hybridized carbons (Fsp3) is 0.909. The van der Waals surface area contributed by atoms with E-state index in [1.54, 1.807) is 7.11 Å². The van der Waals surface area contributed by atoms with Crippen LogP contribution >= 0.6 is 11.8 Å². The molecule has 0 atom stereocenters. The first-order valence-electron chi connectivity index (χ1n) is 5.63. The van der Waals surface area contributed by atoms with Gasteiger partial charge in [0, 0.05) is 19.4 Å². The number of methoxy groups -OCH3 is 1. The van der Waals surface area contributed by atoms with Crippen molar-refractivity contribution in [2.75, 3.05) is 31.8 Å². The molecule has 0 spiro atoms. The SMILES string of the molecule is CCC(O)(CC)CNC(=O)CSCCOC. The van der Waals surface area contributed by atoms with Gasteiger partial charge in [0.2, 0.25) is 5.91 Å². The fourth-order valence-corrected chi connectivity index (χ4v) is 1.84. The molecule has 0 unspecified atom stereocenters. The van der Waals surface area contributed by atoms with E-state index in [2.05, 4.69) is 5.32 Å². The van der Waals surface area contributed by atoms with Gasteiger partial charge in [-0.2, -0.15) is 0 Å². The second-order valence-electron chi connectivity index (χ2n) is 3.75. The van der Waals surface area contributed by atoms with Crippen LogP contribution in [0.2, 0.25) is 0 Å². The number of carbonyl (C=O) groups is 1. The first-order valence-corrected chi connectivity index (χ1v) is 6.79. The number of amides is 1. The third-order valence-electron chi connectivity index (χ3n) is 2.60. The minimum Gasteiger partial charge on any atom is -0.388 e. The monoisotopic (exact) mass is 249 g/mol. The van der Waals surface area contributed by atoms with Crippen LogP contribution in [0.1, 0.15) is 26.7 Å². The van der Waals surface area contributed by atoms with Gasteiger partial charge in [0.15, 0.2) is 0 Å². The van der Waals surface area contributed by atoms with E-state index in [0.29, 0.717) is 31.7 Å². The van der Waals surface area contributed by atoms with Gasteiger partial charge in [0.1, 0.15) is 0 Å². The molecule has 0 fully saturated rings. The normalized spacial score (nSPS) is 11.5. The zero-order valence-corrected chi connectivity index (χ0v) is 11.2. The van der Waals surface area contributed by atoms with Gasteiger partial charge in [-0.05, 0) is 12.8 Å². The van der Waals surface area contributed by atoms with Gasteiger partial charge in [0.25, 0.3) is 0 Å². The Morgan fingerprint density at radius 1 is 1.44 bits per heavy atom. The Morgan fingerprint density at radius 2 is 2.06 bits per heavy atom. The van der Waals surface area contributed by atoms with Crippen molar-refractivity contribution in [3.63, 3.8) is 0 Å². The Labute approximate surface area is 102 Å². The molecule has 0 aliphatic carbocycles. The van der Waals surface area contributed by atoms with Crippen LogP contribution in [0.15, 0.2) is 0 Å². The predicted molar refractivity (Wildman–Crippen MR) is 67.7 cm³/mol. The van der Waals surface area contributed by atoms with Crippen LogP contribution in [-0.4, -0.2) is 48.4 Å².